The SMILES string of the molecule is O=C(COC(=O)c1ccccc1C(=O)c1ccccc1)Nc1cc(C(F)(F)F)ccc1N1CCOCC1. The Morgan fingerprint density at radius 2 is 1.54 bits per heavy atom. The van der Waals surface area contributed by atoms with Crippen LogP contribution in [0.5, 0.6) is 0 Å². The van der Waals surface area contributed by atoms with Crippen molar-refractivity contribution in [3.63, 3.8) is 0 Å². The number of carbonyl (C=O) groups excluding carboxylic acids is 3. The maximum absolute atomic E-state index is 13.3. The van der Waals surface area contributed by atoms with Crippen molar-refractivity contribution < 1.29 is 37.0 Å². The molecule has 0 radical (unpaired) electrons. The largest absolute Gasteiger partial charge is 0.452 e. The molecule has 4 rings (SSSR count). The van der Waals surface area contributed by atoms with Crippen LogP contribution in [-0.2, 0) is 20.4 Å². The van der Waals surface area contributed by atoms with Crippen LogP contribution in [0.15, 0.2) is 72.8 Å². The molecule has 0 atom stereocenters. The monoisotopic (exact) mass is 512 g/mol. The summed E-state index contributed by atoms with van der Waals surface area (Å²) in [6, 6.07) is 17.5. The predicted molar refractivity (Wildman–Crippen MR) is 130 cm³/mol. The maximum Gasteiger partial charge on any atom is 0.416 e. The van der Waals surface area contributed by atoms with Crippen LogP contribution in [0.2, 0.25) is 0 Å². The van der Waals surface area contributed by atoms with Gasteiger partial charge in [0.2, 0.25) is 0 Å². The molecule has 0 saturated carbocycles. The van der Waals surface area contributed by atoms with E-state index < -0.39 is 36.0 Å². The van der Waals surface area contributed by atoms with Crippen LogP contribution in [-0.4, -0.2) is 50.6 Å². The van der Waals surface area contributed by atoms with Crippen molar-refractivity contribution in [2.45, 2.75) is 6.18 Å². The third kappa shape index (κ3) is 6.34. The molecule has 1 heterocycles. The third-order valence-corrected chi connectivity index (χ3v) is 5.71. The zero-order valence-electron chi connectivity index (χ0n) is 19.6. The van der Waals surface area contributed by atoms with E-state index >= 15 is 0 Å². The average molecular weight is 512 g/mol. The van der Waals surface area contributed by atoms with Crippen molar-refractivity contribution in [1.82, 2.24) is 0 Å². The highest BCUT2D eigenvalue weighted by atomic mass is 19.4. The summed E-state index contributed by atoms with van der Waals surface area (Å²) in [6.07, 6.45) is -4.61. The van der Waals surface area contributed by atoms with Crippen LogP contribution >= 0.6 is 0 Å². The number of ether oxygens (including phenoxy) is 2. The Morgan fingerprint density at radius 3 is 2.22 bits per heavy atom. The van der Waals surface area contributed by atoms with Gasteiger partial charge in [-0.15, -0.1) is 0 Å². The van der Waals surface area contributed by atoms with Gasteiger partial charge in [-0.25, -0.2) is 4.79 Å². The van der Waals surface area contributed by atoms with Crippen molar-refractivity contribution >= 4 is 29.0 Å². The number of anilines is 2. The Balaban J connectivity index is 1.48. The van der Waals surface area contributed by atoms with Gasteiger partial charge in [0.05, 0.1) is 35.7 Å². The molecule has 1 N–H and O–H groups in total. The number of alkyl halides is 3. The second kappa shape index (κ2) is 11.3. The van der Waals surface area contributed by atoms with Crippen LogP contribution in [0.1, 0.15) is 31.8 Å². The topological polar surface area (TPSA) is 84.9 Å². The fourth-order valence-electron chi connectivity index (χ4n) is 3.89. The Hall–Kier alpha value is -4.18. The van der Waals surface area contributed by atoms with Crippen molar-refractivity contribution in [2.75, 3.05) is 43.1 Å². The summed E-state index contributed by atoms with van der Waals surface area (Å²) in [4.78, 5) is 40.0. The number of nitrogens with zero attached hydrogens (tertiary/aromatic N) is 1. The second-order valence-electron chi connectivity index (χ2n) is 8.19. The van der Waals surface area contributed by atoms with Crippen molar-refractivity contribution in [3.8, 4) is 0 Å². The van der Waals surface area contributed by atoms with Gasteiger partial charge in [0.15, 0.2) is 12.4 Å². The van der Waals surface area contributed by atoms with Crippen LogP contribution in [0.25, 0.3) is 0 Å². The van der Waals surface area contributed by atoms with E-state index in [1.165, 1.54) is 18.2 Å². The minimum atomic E-state index is -4.61. The Labute approximate surface area is 210 Å². The number of hydrogen-bond acceptors (Lipinski definition) is 6. The molecule has 1 fully saturated rings. The molecule has 1 aliphatic rings. The second-order valence-corrected chi connectivity index (χ2v) is 8.19. The molecular formula is C27H23F3N2O5. The predicted octanol–water partition coefficient (Wildman–Crippen LogP) is 4.57. The van der Waals surface area contributed by atoms with E-state index in [9.17, 15) is 27.6 Å². The van der Waals surface area contributed by atoms with Gasteiger partial charge in [0.1, 0.15) is 0 Å². The van der Waals surface area contributed by atoms with Crippen molar-refractivity contribution in [1.29, 1.82) is 0 Å². The van der Waals surface area contributed by atoms with Crippen molar-refractivity contribution in [3.05, 3.63) is 95.1 Å². The molecule has 192 valence electrons. The van der Waals surface area contributed by atoms with E-state index in [-0.39, 0.29) is 16.8 Å². The molecule has 1 saturated heterocycles. The van der Waals surface area contributed by atoms with Crippen LogP contribution in [0, 0.1) is 0 Å². The molecule has 0 bridgehead atoms. The molecule has 0 aliphatic carbocycles. The number of hydrogen-bond donors (Lipinski definition) is 1. The number of carbonyl (C=O) groups is 3. The molecular weight excluding hydrogens is 489 g/mol. The quantitative estimate of drug-likeness (QED) is 0.369. The van der Waals surface area contributed by atoms with E-state index in [1.807, 2.05) is 0 Å². The number of amides is 1. The van der Waals surface area contributed by atoms with Gasteiger partial charge >= 0.3 is 12.1 Å². The normalized spacial score (nSPS) is 13.6. The van der Waals surface area contributed by atoms with Gasteiger partial charge in [0.25, 0.3) is 5.91 Å². The number of ketones is 1. The number of benzene rings is 3. The van der Waals surface area contributed by atoms with E-state index in [0.717, 1.165) is 12.1 Å². The number of rotatable bonds is 7. The molecule has 7 nitrogen and oxygen atoms in total. The maximum atomic E-state index is 13.3. The van der Waals surface area contributed by atoms with Gasteiger partial charge in [0, 0.05) is 24.2 Å². The Morgan fingerprint density at radius 1 is 0.892 bits per heavy atom. The summed E-state index contributed by atoms with van der Waals surface area (Å²) in [7, 11) is 0. The van der Waals surface area contributed by atoms with Crippen molar-refractivity contribution in [2.24, 2.45) is 0 Å². The van der Waals surface area contributed by atoms with Gasteiger partial charge in [-0.1, -0.05) is 48.5 Å². The fourth-order valence-corrected chi connectivity index (χ4v) is 3.89. The van der Waals surface area contributed by atoms with Gasteiger partial charge in [-0.2, -0.15) is 13.2 Å². The number of morpholine rings is 1. The summed E-state index contributed by atoms with van der Waals surface area (Å²) in [5, 5.41) is 2.42. The number of halogens is 3. The minimum Gasteiger partial charge on any atom is -0.452 e. The lowest BCUT2D eigenvalue weighted by atomic mass is 9.98. The van der Waals surface area contributed by atoms with E-state index in [0.29, 0.717) is 37.6 Å². The first-order valence-corrected chi connectivity index (χ1v) is 11.4. The summed E-state index contributed by atoms with van der Waals surface area (Å²) < 4.78 is 50.3. The first-order valence-electron chi connectivity index (χ1n) is 11.4. The summed E-state index contributed by atoms with van der Waals surface area (Å²) in [5.74, 6) is -2.13. The molecule has 0 unspecified atom stereocenters. The molecule has 0 spiro atoms. The first-order chi connectivity index (χ1) is 17.7. The average Bonchev–Trinajstić information content (AvgIpc) is 2.91. The first kappa shape index (κ1) is 25.9. The van der Waals surface area contributed by atoms with E-state index in [2.05, 4.69) is 5.32 Å². The van der Waals surface area contributed by atoms with Crippen LogP contribution in [0.4, 0.5) is 24.5 Å². The molecule has 1 amide bonds. The lowest BCUT2D eigenvalue weighted by Gasteiger charge is -2.31. The lowest BCUT2D eigenvalue weighted by Crippen LogP contribution is -2.37. The highest BCUT2D eigenvalue weighted by Crippen LogP contribution is 2.35. The molecule has 3 aromatic rings. The third-order valence-electron chi connectivity index (χ3n) is 5.71. The van der Waals surface area contributed by atoms with Gasteiger partial charge < -0.3 is 19.7 Å². The van der Waals surface area contributed by atoms with E-state index in [4.69, 9.17) is 9.47 Å². The number of esters is 1. The molecule has 0 aromatic heterocycles. The number of nitrogens with one attached hydrogen (secondary N) is 1. The van der Waals surface area contributed by atoms with Crippen LogP contribution < -0.4 is 10.2 Å². The van der Waals surface area contributed by atoms with Gasteiger partial charge in [-0.05, 0) is 24.3 Å². The minimum absolute atomic E-state index is 0.0303. The van der Waals surface area contributed by atoms with Crippen LogP contribution in [0.3, 0.4) is 0 Å². The van der Waals surface area contributed by atoms with Gasteiger partial charge in [-0.3, -0.25) is 9.59 Å². The standard InChI is InChI=1S/C27H23F3N2O5/c28-27(29,30)19-10-11-23(32-12-14-36-15-13-32)22(16-19)31-24(33)17-37-26(35)21-9-5-4-8-20(21)25(34)18-6-2-1-3-7-18/h1-11,16H,12-15,17H2,(H,31,33). The lowest BCUT2D eigenvalue weighted by molar-refractivity contribution is -0.137. The highest BCUT2D eigenvalue weighted by molar-refractivity contribution is 6.14. The molecule has 37 heavy (non-hydrogen) atoms. The summed E-state index contributed by atoms with van der Waals surface area (Å²) in [6.45, 7) is 0.913. The zero-order valence-corrected chi connectivity index (χ0v) is 19.6. The molecule has 10 heteroatoms. The smallest absolute Gasteiger partial charge is 0.416 e. The Kier molecular flexibility index (Phi) is 7.88. The zero-order chi connectivity index (χ0) is 26.4. The fraction of sp³-hybridized carbons (Fsp3) is 0.222. The molecule has 1 aliphatic heterocycles. The highest BCUT2D eigenvalue weighted by Gasteiger charge is 2.32. The summed E-state index contributed by atoms with van der Waals surface area (Å²) >= 11 is 0. The Bertz CT molecular complexity index is 1290. The summed E-state index contributed by atoms with van der Waals surface area (Å²) in [5.41, 5.74) is -0.137. The van der Waals surface area contributed by atoms with E-state index in [1.54, 1.807) is 47.4 Å². The molecule has 3 aromatic carbocycles.